The molecule has 2 rings (SSSR count). The fourth-order valence-electron chi connectivity index (χ4n) is 2.14. The molecule has 2 nitrogen and oxygen atoms in total. The third-order valence-electron chi connectivity index (χ3n) is 3.34. The molecule has 0 amide bonds. The summed E-state index contributed by atoms with van der Waals surface area (Å²) < 4.78 is 5.89. The lowest BCUT2D eigenvalue weighted by Crippen LogP contribution is -2.25. The first kappa shape index (κ1) is 14.9. The van der Waals surface area contributed by atoms with E-state index < -0.39 is 0 Å². The standard InChI is InChI=1S/C18H25NO/c1-18(2,3)11-12-19-13-14-20-17-10-6-8-15-7-4-5-9-16(15)17/h4-10,19H,11-14H2,1-3H3. The highest BCUT2D eigenvalue weighted by Crippen LogP contribution is 2.24. The molecule has 1 N–H and O–H groups in total. The lowest BCUT2D eigenvalue weighted by atomic mass is 9.92. The van der Waals surface area contributed by atoms with Crippen molar-refractivity contribution in [2.45, 2.75) is 27.2 Å². The van der Waals surface area contributed by atoms with Gasteiger partial charge in [0.05, 0.1) is 0 Å². The van der Waals surface area contributed by atoms with E-state index in [-0.39, 0.29) is 0 Å². The van der Waals surface area contributed by atoms with Crippen LogP contribution in [0.25, 0.3) is 10.8 Å². The molecule has 2 aromatic carbocycles. The average molecular weight is 271 g/mol. The Morgan fingerprint density at radius 2 is 1.70 bits per heavy atom. The van der Waals surface area contributed by atoms with Gasteiger partial charge in [0, 0.05) is 11.9 Å². The predicted octanol–water partition coefficient (Wildman–Crippen LogP) is 4.24. The van der Waals surface area contributed by atoms with E-state index in [0.717, 1.165) is 18.8 Å². The summed E-state index contributed by atoms with van der Waals surface area (Å²) in [4.78, 5) is 0. The summed E-state index contributed by atoms with van der Waals surface area (Å²) in [7, 11) is 0. The van der Waals surface area contributed by atoms with Gasteiger partial charge in [0.15, 0.2) is 0 Å². The molecule has 0 fully saturated rings. The second-order valence-corrected chi connectivity index (χ2v) is 6.39. The van der Waals surface area contributed by atoms with Gasteiger partial charge in [0.2, 0.25) is 0 Å². The van der Waals surface area contributed by atoms with E-state index in [4.69, 9.17) is 4.74 Å². The van der Waals surface area contributed by atoms with Gasteiger partial charge in [0.25, 0.3) is 0 Å². The Hall–Kier alpha value is -1.54. The monoisotopic (exact) mass is 271 g/mol. The van der Waals surface area contributed by atoms with Crippen molar-refractivity contribution < 1.29 is 4.74 Å². The second-order valence-electron chi connectivity index (χ2n) is 6.39. The fraction of sp³-hybridized carbons (Fsp3) is 0.444. The molecule has 2 aromatic rings. The Balaban J connectivity index is 1.79. The van der Waals surface area contributed by atoms with Gasteiger partial charge in [-0.1, -0.05) is 57.2 Å². The van der Waals surface area contributed by atoms with Crippen LogP contribution >= 0.6 is 0 Å². The second kappa shape index (κ2) is 6.76. The third kappa shape index (κ3) is 4.53. The number of benzene rings is 2. The number of ether oxygens (including phenoxy) is 1. The van der Waals surface area contributed by atoms with Gasteiger partial charge in [-0.2, -0.15) is 0 Å². The Morgan fingerprint density at radius 3 is 2.50 bits per heavy atom. The van der Waals surface area contributed by atoms with E-state index in [1.165, 1.54) is 17.2 Å². The van der Waals surface area contributed by atoms with E-state index in [2.05, 4.69) is 56.4 Å². The summed E-state index contributed by atoms with van der Waals surface area (Å²) in [6.45, 7) is 9.43. The molecule has 0 aliphatic heterocycles. The van der Waals surface area contributed by atoms with Crippen molar-refractivity contribution in [3.63, 3.8) is 0 Å². The Kier molecular flexibility index (Phi) is 5.02. The number of rotatable bonds is 6. The maximum atomic E-state index is 5.89. The Labute approximate surface area is 122 Å². The molecule has 0 bridgehead atoms. The van der Waals surface area contributed by atoms with Crippen LogP contribution in [0.2, 0.25) is 0 Å². The molecular formula is C18H25NO. The SMILES string of the molecule is CC(C)(C)CCNCCOc1cccc2ccccc12. The molecule has 0 unspecified atom stereocenters. The summed E-state index contributed by atoms with van der Waals surface area (Å²) >= 11 is 0. The van der Waals surface area contributed by atoms with Crippen LogP contribution in [0.5, 0.6) is 5.75 Å². The van der Waals surface area contributed by atoms with Gasteiger partial charge in [0.1, 0.15) is 12.4 Å². The zero-order valence-electron chi connectivity index (χ0n) is 12.8. The van der Waals surface area contributed by atoms with E-state index in [1.54, 1.807) is 0 Å². The predicted molar refractivity (Wildman–Crippen MR) is 86.4 cm³/mol. The van der Waals surface area contributed by atoms with Gasteiger partial charge in [-0.15, -0.1) is 0 Å². The summed E-state index contributed by atoms with van der Waals surface area (Å²) in [6.07, 6.45) is 1.18. The molecule has 0 aliphatic carbocycles. The number of hydrogen-bond donors (Lipinski definition) is 1. The van der Waals surface area contributed by atoms with Gasteiger partial charge in [-0.3, -0.25) is 0 Å². The number of fused-ring (bicyclic) bond motifs is 1. The summed E-state index contributed by atoms with van der Waals surface area (Å²) in [6, 6.07) is 14.5. The van der Waals surface area contributed by atoms with E-state index in [0.29, 0.717) is 12.0 Å². The summed E-state index contributed by atoms with van der Waals surface area (Å²) in [5, 5.41) is 5.85. The van der Waals surface area contributed by atoms with Crippen molar-refractivity contribution in [1.82, 2.24) is 5.32 Å². The van der Waals surface area contributed by atoms with Crippen molar-refractivity contribution in [3.05, 3.63) is 42.5 Å². The highest BCUT2D eigenvalue weighted by Gasteiger charge is 2.08. The molecule has 0 saturated carbocycles. The lowest BCUT2D eigenvalue weighted by Gasteiger charge is -2.18. The molecular weight excluding hydrogens is 246 g/mol. The average Bonchev–Trinajstić information content (AvgIpc) is 2.41. The largest absolute Gasteiger partial charge is 0.492 e. The Morgan fingerprint density at radius 1 is 0.950 bits per heavy atom. The van der Waals surface area contributed by atoms with Gasteiger partial charge >= 0.3 is 0 Å². The van der Waals surface area contributed by atoms with Crippen molar-refractivity contribution in [2.75, 3.05) is 19.7 Å². The molecule has 0 radical (unpaired) electrons. The van der Waals surface area contributed by atoms with Crippen molar-refractivity contribution >= 4 is 10.8 Å². The minimum Gasteiger partial charge on any atom is -0.492 e. The number of hydrogen-bond acceptors (Lipinski definition) is 2. The quantitative estimate of drug-likeness (QED) is 0.793. The Bertz CT molecular complexity index is 537. The smallest absolute Gasteiger partial charge is 0.127 e. The van der Waals surface area contributed by atoms with Crippen LogP contribution in [-0.2, 0) is 0 Å². The van der Waals surface area contributed by atoms with Gasteiger partial charge in [-0.05, 0) is 29.8 Å². The van der Waals surface area contributed by atoms with Crippen molar-refractivity contribution in [2.24, 2.45) is 5.41 Å². The summed E-state index contributed by atoms with van der Waals surface area (Å²) in [5.41, 5.74) is 0.392. The van der Waals surface area contributed by atoms with Gasteiger partial charge in [-0.25, -0.2) is 0 Å². The topological polar surface area (TPSA) is 21.3 Å². The fourth-order valence-corrected chi connectivity index (χ4v) is 2.14. The zero-order valence-corrected chi connectivity index (χ0v) is 12.8. The molecule has 2 heteroatoms. The molecule has 20 heavy (non-hydrogen) atoms. The molecule has 108 valence electrons. The number of nitrogens with one attached hydrogen (secondary N) is 1. The first-order valence-corrected chi connectivity index (χ1v) is 7.37. The van der Waals surface area contributed by atoms with Crippen LogP contribution in [0.15, 0.2) is 42.5 Å². The molecule has 0 aliphatic rings. The zero-order chi connectivity index (χ0) is 14.4. The maximum absolute atomic E-state index is 5.89. The molecule has 0 atom stereocenters. The summed E-state index contributed by atoms with van der Waals surface area (Å²) in [5.74, 6) is 0.973. The molecule has 0 spiro atoms. The van der Waals surface area contributed by atoms with Crippen molar-refractivity contribution in [3.8, 4) is 5.75 Å². The van der Waals surface area contributed by atoms with E-state index >= 15 is 0 Å². The van der Waals surface area contributed by atoms with E-state index in [9.17, 15) is 0 Å². The highest BCUT2D eigenvalue weighted by atomic mass is 16.5. The van der Waals surface area contributed by atoms with Crippen LogP contribution < -0.4 is 10.1 Å². The van der Waals surface area contributed by atoms with Crippen LogP contribution in [0.4, 0.5) is 0 Å². The minimum atomic E-state index is 0.392. The van der Waals surface area contributed by atoms with Crippen LogP contribution in [0.3, 0.4) is 0 Å². The normalized spacial score (nSPS) is 11.8. The van der Waals surface area contributed by atoms with Crippen LogP contribution in [0, 0.1) is 5.41 Å². The first-order valence-electron chi connectivity index (χ1n) is 7.37. The lowest BCUT2D eigenvalue weighted by molar-refractivity contribution is 0.307. The minimum absolute atomic E-state index is 0.392. The first-order chi connectivity index (χ1) is 9.56. The highest BCUT2D eigenvalue weighted by molar-refractivity contribution is 5.88. The van der Waals surface area contributed by atoms with Gasteiger partial charge < -0.3 is 10.1 Å². The molecule has 0 aromatic heterocycles. The third-order valence-corrected chi connectivity index (χ3v) is 3.34. The molecule has 0 heterocycles. The molecule has 0 saturated heterocycles. The van der Waals surface area contributed by atoms with E-state index in [1.807, 2.05) is 12.1 Å². The van der Waals surface area contributed by atoms with Crippen LogP contribution in [-0.4, -0.2) is 19.7 Å². The van der Waals surface area contributed by atoms with Crippen LogP contribution in [0.1, 0.15) is 27.2 Å². The van der Waals surface area contributed by atoms with Crippen molar-refractivity contribution in [1.29, 1.82) is 0 Å². The maximum Gasteiger partial charge on any atom is 0.127 e.